The molecule has 0 aromatic rings. The average molecular weight is 336 g/mol. The Morgan fingerprint density at radius 1 is 1.04 bits per heavy atom. The van der Waals surface area contributed by atoms with Gasteiger partial charge in [-0.1, -0.05) is 32.1 Å². The first-order valence-corrected chi connectivity index (χ1v) is 10.4. The molecule has 3 heteroatoms. The minimum atomic E-state index is 0.00258. The van der Waals surface area contributed by atoms with E-state index in [2.05, 4.69) is 39.5 Å². The second kappa shape index (κ2) is 8.69. The normalized spacial score (nSPS) is 35.2. The van der Waals surface area contributed by atoms with E-state index in [1.807, 2.05) is 0 Å². The molecule has 0 spiro atoms. The van der Waals surface area contributed by atoms with Crippen molar-refractivity contribution in [3.8, 4) is 0 Å². The Balaban J connectivity index is 2.25. The van der Waals surface area contributed by atoms with Crippen molar-refractivity contribution in [2.45, 2.75) is 122 Å². The minimum Gasteiger partial charge on any atom is -0.355 e. The molecule has 1 saturated heterocycles. The lowest BCUT2D eigenvalue weighted by atomic mass is 9.76. The molecule has 2 N–H and O–H groups in total. The summed E-state index contributed by atoms with van der Waals surface area (Å²) in [6.07, 6.45) is 12.9. The van der Waals surface area contributed by atoms with Crippen LogP contribution in [0, 0.1) is 5.92 Å². The van der Waals surface area contributed by atoms with Crippen molar-refractivity contribution in [2.24, 2.45) is 16.6 Å². The largest absolute Gasteiger partial charge is 0.355 e. The Morgan fingerprint density at radius 2 is 1.71 bits per heavy atom. The molecule has 0 aromatic heterocycles. The van der Waals surface area contributed by atoms with Gasteiger partial charge in [-0.15, -0.1) is 0 Å². The van der Waals surface area contributed by atoms with E-state index in [1.54, 1.807) is 0 Å². The van der Waals surface area contributed by atoms with Crippen molar-refractivity contribution in [3.05, 3.63) is 0 Å². The lowest BCUT2D eigenvalue weighted by molar-refractivity contribution is 0.121. The fourth-order valence-electron chi connectivity index (χ4n) is 4.89. The Hall–Kier alpha value is -0.570. The molecule has 3 atom stereocenters. The van der Waals surface area contributed by atoms with Gasteiger partial charge in [0.15, 0.2) is 0 Å². The number of nitrogens with two attached hydrogens (primary N) is 1. The van der Waals surface area contributed by atoms with Crippen LogP contribution in [0.4, 0.5) is 0 Å². The molecule has 1 heterocycles. The summed E-state index contributed by atoms with van der Waals surface area (Å²) in [6, 6.07) is 1.56. The third-order valence-electron chi connectivity index (χ3n) is 5.88. The summed E-state index contributed by atoms with van der Waals surface area (Å²) < 4.78 is 0. The zero-order valence-corrected chi connectivity index (χ0v) is 16.9. The Bertz CT molecular complexity index is 411. The van der Waals surface area contributed by atoms with Gasteiger partial charge in [0.2, 0.25) is 0 Å². The average Bonchev–Trinajstić information content (AvgIpc) is 2.49. The van der Waals surface area contributed by atoms with E-state index in [0.717, 1.165) is 12.3 Å². The Labute approximate surface area is 150 Å². The standard InChI is InChI=1S/C21H41N3/c1-16(2)23-20-13-12-18-15-21(5,22)14-10-8-6-7-9-11-19(18)24(20)17(3)4/h16-19H,6-15,22H2,1-5H3. The van der Waals surface area contributed by atoms with E-state index >= 15 is 0 Å². The van der Waals surface area contributed by atoms with E-state index in [4.69, 9.17) is 10.7 Å². The molecule has 2 rings (SSSR count). The van der Waals surface area contributed by atoms with Crippen LogP contribution >= 0.6 is 0 Å². The maximum absolute atomic E-state index is 6.71. The van der Waals surface area contributed by atoms with Crippen LogP contribution in [-0.2, 0) is 0 Å². The van der Waals surface area contributed by atoms with Crippen molar-refractivity contribution in [2.75, 3.05) is 0 Å². The summed E-state index contributed by atoms with van der Waals surface area (Å²) in [5, 5.41) is 0. The minimum absolute atomic E-state index is 0.00258. The van der Waals surface area contributed by atoms with E-state index in [-0.39, 0.29) is 5.54 Å². The maximum atomic E-state index is 6.71. The van der Waals surface area contributed by atoms with Gasteiger partial charge in [0, 0.05) is 30.1 Å². The molecule has 3 nitrogen and oxygen atoms in total. The predicted octanol–water partition coefficient (Wildman–Crippen LogP) is 5.13. The summed E-state index contributed by atoms with van der Waals surface area (Å²) in [7, 11) is 0. The number of piperidine rings is 1. The molecule has 2 fully saturated rings. The molecule has 1 aliphatic heterocycles. The quantitative estimate of drug-likeness (QED) is 0.759. The molecule has 1 aliphatic carbocycles. The number of fused-ring (bicyclic) bond motifs is 1. The molecule has 0 aromatic carbocycles. The second-order valence-electron chi connectivity index (χ2n) is 9.17. The first-order chi connectivity index (χ1) is 11.3. The van der Waals surface area contributed by atoms with Gasteiger partial charge < -0.3 is 10.6 Å². The summed E-state index contributed by atoms with van der Waals surface area (Å²) in [5.41, 5.74) is 6.72. The highest BCUT2D eigenvalue weighted by molar-refractivity contribution is 5.84. The summed E-state index contributed by atoms with van der Waals surface area (Å²) >= 11 is 0. The van der Waals surface area contributed by atoms with Gasteiger partial charge in [-0.05, 0) is 66.2 Å². The van der Waals surface area contributed by atoms with Crippen LogP contribution in [0.15, 0.2) is 4.99 Å². The number of hydrogen-bond acceptors (Lipinski definition) is 2. The Kier molecular flexibility index (Phi) is 7.15. The van der Waals surface area contributed by atoms with E-state index in [1.165, 1.54) is 63.6 Å². The molecule has 0 radical (unpaired) electrons. The summed E-state index contributed by atoms with van der Waals surface area (Å²) in [5.74, 6) is 2.08. The first kappa shape index (κ1) is 19.8. The zero-order valence-electron chi connectivity index (χ0n) is 16.9. The third-order valence-corrected chi connectivity index (χ3v) is 5.88. The van der Waals surface area contributed by atoms with Crippen molar-refractivity contribution in [1.82, 2.24) is 4.90 Å². The molecular formula is C21H41N3. The number of nitrogens with zero attached hydrogens (tertiary/aromatic N) is 2. The van der Waals surface area contributed by atoms with Crippen LogP contribution in [0.3, 0.4) is 0 Å². The van der Waals surface area contributed by atoms with E-state index in [0.29, 0.717) is 18.1 Å². The summed E-state index contributed by atoms with van der Waals surface area (Å²) in [4.78, 5) is 7.66. The highest BCUT2D eigenvalue weighted by atomic mass is 15.2. The van der Waals surface area contributed by atoms with Crippen LogP contribution < -0.4 is 5.73 Å². The molecular weight excluding hydrogens is 294 g/mol. The molecule has 0 bridgehead atoms. The fraction of sp³-hybridized carbons (Fsp3) is 0.952. The van der Waals surface area contributed by atoms with Crippen LogP contribution in [0.1, 0.15) is 98.8 Å². The van der Waals surface area contributed by atoms with Crippen LogP contribution in [0.2, 0.25) is 0 Å². The van der Waals surface area contributed by atoms with Gasteiger partial charge in [0.1, 0.15) is 0 Å². The van der Waals surface area contributed by atoms with Crippen LogP contribution in [0.5, 0.6) is 0 Å². The first-order valence-electron chi connectivity index (χ1n) is 10.4. The molecule has 1 saturated carbocycles. The smallest absolute Gasteiger partial charge is 0.0997 e. The number of amidine groups is 1. The molecule has 24 heavy (non-hydrogen) atoms. The highest BCUT2D eigenvalue weighted by Gasteiger charge is 2.38. The van der Waals surface area contributed by atoms with Crippen molar-refractivity contribution in [1.29, 1.82) is 0 Å². The molecule has 0 amide bonds. The lowest BCUT2D eigenvalue weighted by Crippen LogP contribution is -2.54. The monoisotopic (exact) mass is 335 g/mol. The third kappa shape index (κ3) is 5.47. The van der Waals surface area contributed by atoms with Gasteiger partial charge in [-0.25, -0.2) is 0 Å². The van der Waals surface area contributed by atoms with Gasteiger partial charge in [0.05, 0.1) is 5.84 Å². The van der Waals surface area contributed by atoms with Crippen LogP contribution in [-0.4, -0.2) is 34.4 Å². The van der Waals surface area contributed by atoms with Crippen molar-refractivity contribution < 1.29 is 0 Å². The zero-order chi connectivity index (χ0) is 17.7. The maximum Gasteiger partial charge on any atom is 0.0997 e. The summed E-state index contributed by atoms with van der Waals surface area (Å²) in [6.45, 7) is 11.4. The van der Waals surface area contributed by atoms with Gasteiger partial charge >= 0.3 is 0 Å². The topological polar surface area (TPSA) is 41.6 Å². The number of aliphatic imine (C=N–C) groups is 1. The van der Waals surface area contributed by atoms with Gasteiger partial charge in [-0.3, -0.25) is 4.99 Å². The molecule has 140 valence electrons. The van der Waals surface area contributed by atoms with Crippen molar-refractivity contribution in [3.63, 3.8) is 0 Å². The van der Waals surface area contributed by atoms with Crippen LogP contribution in [0.25, 0.3) is 0 Å². The number of rotatable bonds is 2. The van der Waals surface area contributed by atoms with E-state index in [9.17, 15) is 0 Å². The molecule has 2 aliphatic rings. The van der Waals surface area contributed by atoms with Crippen molar-refractivity contribution >= 4 is 5.84 Å². The highest BCUT2D eigenvalue weighted by Crippen LogP contribution is 2.37. The predicted molar refractivity (Wildman–Crippen MR) is 106 cm³/mol. The van der Waals surface area contributed by atoms with Gasteiger partial charge in [0.25, 0.3) is 0 Å². The second-order valence-corrected chi connectivity index (χ2v) is 9.17. The fourth-order valence-corrected chi connectivity index (χ4v) is 4.89. The number of hydrogen-bond donors (Lipinski definition) is 1. The molecule has 3 unspecified atom stereocenters. The lowest BCUT2D eigenvalue weighted by Gasteiger charge is -2.48. The number of likely N-dealkylation sites (tertiary alicyclic amines) is 1. The SMILES string of the molecule is CC(C)N=C1CCC2CC(C)(N)CCCCCCCC2N1C(C)C. The Morgan fingerprint density at radius 3 is 2.38 bits per heavy atom. The van der Waals surface area contributed by atoms with E-state index < -0.39 is 0 Å². The van der Waals surface area contributed by atoms with Gasteiger partial charge in [-0.2, -0.15) is 0 Å².